The SMILES string of the molecule is CCOc1ccc(-n2nnc(C)c2C(=O)NCCCN2CCC(C)CC2)cc1. The number of piperidine rings is 1. The Bertz CT molecular complexity index is 764. The summed E-state index contributed by atoms with van der Waals surface area (Å²) < 4.78 is 7.06. The van der Waals surface area contributed by atoms with Crippen molar-refractivity contribution in [3.8, 4) is 11.4 Å². The van der Waals surface area contributed by atoms with Crippen molar-refractivity contribution in [2.45, 2.75) is 40.0 Å². The molecule has 7 heteroatoms. The predicted octanol–water partition coefficient (Wildman–Crippen LogP) is 2.83. The molecule has 0 atom stereocenters. The number of aromatic nitrogens is 3. The number of rotatable bonds is 8. The highest BCUT2D eigenvalue weighted by molar-refractivity contribution is 5.94. The predicted molar refractivity (Wildman–Crippen MR) is 109 cm³/mol. The Hall–Kier alpha value is -2.41. The summed E-state index contributed by atoms with van der Waals surface area (Å²) in [4.78, 5) is 15.2. The van der Waals surface area contributed by atoms with Gasteiger partial charge in [-0.25, -0.2) is 4.68 Å². The summed E-state index contributed by atoms with van der Waals surface area (Å²) in [6.45, 7) is 10.7. The van der Waals surface area contributed by atoms with Crippen molar-refractivity contribution in [2.24, 2.45) is 5.92 Å². The highest BCUT2D eigenvalue weighted by atomic mass is 16.5. The fourth-order valence-electron chi connectivity index (χ4n) is 3.52. The minimum atomic E-state index is -0.136. The highest BCUT2D eigenvalue weighted by Gasteiger charge is 2.19. The van der Waals surface area contributed by atoms with E-state index in [4.69, 9.17) is 4.74 Å². The van der Waals surface area contributed by atoms with Crippen LogP contribution in [0.3, 0.4) is 0 Å². The first-order valence-corrected chi connectivity index (χ1v) is 10.2. The zero-order valence-corrected chi connectivity index (χ0v) is 17.1. The molecule has 2 aromatic rings. The van der Waals surface area contributed by atoms with Crippen molar-refractivity contribution >= 4 is 5.91 Å². The van der Waals surface area contributed by atoms with Gasteiger partial charge in [0.05, 0.1) is 18.0 Å². The number of hydrogen-bond donors (Lipinski definition) is 1. The normalized spacial score (nSPS) is 15.5. The number of nitrogens with zero attached hydrogens (tertiary/aromatic N) is 4. The van der Waals surface area contributed by atoms with E-state index in [1.807, 2.05) is 38.1 Å². The summed E-state index contributed by atoms with van der Waals surface area (Å²) in [5.41, 5.74) is 1.89. The largest absolute Gasteiger partial charge is 0.494 e. The number of carbonyl (C=O) groups is 1. The zero-order chi connectivity index (χ0) is 19.9. The Morgan fingerprint density at radius 1 is 1.25 bits per heavy atom. The van der Waals surface area contributed by atoms with Crippen molar-refractivity contribution in [3.05, 3.63) is 35.7 Å². The molecule has 1 aromatic heterocycles. The molecule has 0 saturated carbocycles. The molecule has 0 aliphatic carbocycles. The van der Waals surface area contributed by atoms with Crippen LogP contribution in [0.15, 0.2) is 24.3 Å². The number of ether oxygens (including phenoxy) is 1. The van der Waals surface area contributed by atoms with Gasteiger partial charge in [0.2, 0.25) is 0 Å². The second-order valence-electron chi connectivity index (χ2n) is 7.50. The molecule has 1 N–H and O–H groups in total. The van der Waals surface area contributed by atoms with Gasteiger partial charge in [-0.1, -0.05) is 12.1 Å². The molecule has 1 saturated heterocycles. The minimum absolute atomic E-state index is 0.136. The maximum Gasteiger partial charge on any atom is 0.271 e. The van der Waals surface area contributed by atoms with Gasteiger partial charge < -0.3 is 15.0 Å². The third-order valence-electron chi connectivity index (χ3n) is 5.26. The lowest BCUT2D eigenvalue weighted by Crippen LogP contribution is -2.35. The first-order valence-electron chi connectivity index (χ1n) is 10.2. The summed E-state index contributed by atoms with van der Waals surface area (Å²) >= 11 is 0. The first kappa shape index (κ1) is 20.3. The molecule has 0 spiro atoms. The molecule has 28 heavy (non-hydrogen) atoms. The number of amides is 1. The number of likely N-dealkylation sites (tertiary alicyclic amines) is 1. The summed E-state index contributed by atoms with van der Waals surface area (Å²) in [6, 6.07) is 7.51. The van der Waals surface area contributed by atoms with Crippen LogP contribution in [0.5, 0.6) is 5.75 Å². The standard InChI is InChI=1S/C21H31N5O2/c1-4-28-19-8-6-18(7-9-19)26-20(17(3)23-24-26)21(27)22-12-5-13-25-14-10-16(2)11-15-25/h6-9,16H,4-5,10-15H2,1-3H3,(H,22,27). The maximum absolute atomic E-state index is 12.7. The molecule has 0 unspecified atom stereocenters. The van der Waals surface area contributed by atoms with Gasteiger partial charge in [0, 0.05) is 6.54 Å². The third kappa shape index (κ3) is 5.10. The quantitative estimate of drug-likeness (QED) is 0.708. The Morgan fingerprint density at radius 2 is 1.96 bits per heavy atom. The smallest absolute Gasteiger partial charge is 0.271 e. The van der Waals surface area contributed by atoms with Crippen molar-refractivity contribution in [1.29, 1.82) is 0 Å². The lowest BCUT2D eigenvalue weighted by atomic mass is 9.99. The van der Waals surface area contributed by atoms with Crippen molar-refractivity contribution in [2.75, 3.05) is 32.8 Å². The molecule has 3 rings (SSSR count). The Kier molecular flexibility index (Phi) is 7.03. The van der Waals surface area contributed by atoms with Crippen molar-refractivity contribution < 1.29 is 9.53 Å². The number of nitrogens with one attached hydrogen (secondary N) is 1. The number of aryl methyl sites for hydroxylation is 1. The van der Waals surface area contributed by atoms with E-state index in [9.17, 15) is 4.79 Å². The molecule has 2 heterocycles. The van der Waals surface area contributed by atoms with E-state index in [0.717, 1.165) is 30.3 Å². The summed E-state index contributed by atoms with van der Waals surface area (Å²) in [5.74, 6) is 1.50. The molecule has 1 aliphatic rings. The second-order valence-corrected chi connectivity index (χ2v) is 7.50. The molecular weight excluding hydrogens is 354 g/mol. The van der Waals surface area contributed by atoms with Crippen LogP contribution in [-0.4, -0.2) is 58.6 Å². The van der Waals surface area contributed by atoms with Crippen LogP contribution >= 0.6 is 0 Å². The van der Waals surface area contributed by atoms with Crippen LogP contribution in [0.2, 0.25) is 0 Å². The zero-order valence-electron chi connectivity index (χ0n) is 17.1. The lowest BCUT2D eigenvalue weighted by Gasteiger charge is -2.30. The topological polar surface area (TPSA) is 72.3 Å². The van der Waals surface area contributed by atoms with Gasteiger partial charge in [0.25, 0.3) is 5.91 Å². The molecule has 1 aromatic carbocycles. The fraction of sp³-hybridized carbons (Fsp3) is 0.571. The van der Waals surface area contributed by atoms with E-state index >= 15 is 0 Å². The lowest BCUT2D eigenvalue weighted by molar-refractivity contribution is 0.0942. The maximum atomic E-state index is 12.7. The fourth-order valence-corrected chi connectivity index (χ4v) is 3.52. The molecule has 1 fully saturated rings. The molecule has 0 radical (unpaired) electrons. The summed E-state index contributed by atoms with van der Waals surface area (Å²) in [5, 5.41) is 11.3. The van der Waals surface area contributed by atoms with E-state index in [-0.39, 0.29) is 5.91 Å². The Labute approximate surface area is 167 Å². The van der Waals surface area contributed by atoms with Gasteiger partial charge in [-0.15, -0.1) is 5.10 Å². The van der Waals surface area contributed by atoms with Gasteiger partial charge in [-0.05, 0) is 82.9 Å². The van der Waals surface area contributed by atoms with Crippen LogP contribution in [0.4, 0.5) is 0 Å². The van der Waals surface area contributed by atoms with Gasteiger partial charge >= 0.3 is 0 Å². The second kappa shape index (κ2) is 9.68. The van der Waals surface area contributed by atoms with E-state index in [1.165, 1.54) is 25.9 Å². The Balaban J connectivity index is 1.56. The van der Waals surface area contributed by atoms with E-state index in [0.29, 0.717) is 24.5 Å². The van der Waals surface area contributed by atoms with Crippen LogP contribution in [-0.2, 0) is 0 Å². The number of carbonyl (C=O) groups excluding carboxylic acids is 1. The van der Waals surface area contributed by atoms with Gasteiger partial charge in [-0.2, -0.15) is 0 Å². The minimum Gasteiger partial charge on any atom is -0.494 e. The van der Waals surface area contributed by atoms with Crippen LogP contribution in [0, 0.1) is 12.8 Å². The highest BCUT2D eigenvalue weighted by Crippen LogP contribution is 2.18. The van der Waals surface area contributed by atoms with Gasteiger partial charge in [-0.3, -0.25) is 4.79 Å². The molecule has 7 nitrogen and oxygen atoms in total. The van der Waals surface area contributed by atoms with Crippen molar-refractivity contribution in [1.82, 2.24) is 25.2 Å². The molecule has 0 bridgehead atoms. The Morgan fingerprint density at radius 3 is 2.64 bits per heavy atom. The summed E-state index contributed by atoms with van der Waals surface area (Å²) in [6.07, 6.45) is 3.50. The first-order chi connectivity index (χ1) is 13.6. The molecular formula is C21H31N5O2. The average Bonchev–Trinajstić information content (AvgIpc) is 3.09. The average molecular weight is 386 g/mol. The molecule has 1 aliphatic heterocycles. The molecule has 152 valence electrons. The summed E-state index contributed by atoms with van der Waals surface area (Å²) in [7, 11) is 0. The monoisotopic (exact) mass is 385 g/mol. The van der Waals surface area contributed by atoms with Crippen LogP contribution in [0.25, 0.3) is 5.69 Å². The van der Waals surface area contributed by atoms with Crippen LogP contribution < -0.4 is 10.1 Å². The number of hydrogen-bond acceptors (Lipinski definition) is 5. The number of benzene rings is 1. The van der Waals surface area contributed by atoms with Crippen LogP contribution in [0.1, 0.15) is 49.3 Å². The third-order valence-corrected chi connectivity index (χ3v) is 5.26. The van der Waals surface area contributed by atoms with E-state index in [1.54, 1.807) is 4.68 Å². The molecule has 1 amide bonds. The van der Waals surface area contributed by atoms with Crippen molar-refractivity contribution in [3.63, 3.8) is 0 Å². The van der Waals surface area contributed by atoms with Gasteiger partial charge in [0.1, 0.15) is 5.75 Å². The van der Waals surface area contributed by atoms with E-state index < -0.39 is 0 Å². The van der Waals surface area contributed by atoms with Gasteiger partial charge in [0.15, 0.2) is 5.69 Å². The van der Waals surface area contributed by atoms with E-state index in [2.05, 4.69) is 27.5 Å².